The number of hydrogen-bond acceptors (Lipinski definition) is 7. The van der Waals surface area contributed by atoms with E-state index in [0.717, 1.165) is 11.5 Å². The second kappa shape index (κ2) is 22.4. The van der Waals surface area contributed by atoms with Crippen molar-refractivity contribution in [3.63, 3.8) is 0 Å². The molecule has 0 amide bonds. The van der Waals surface area contributed by atoms with Gasteiger partial charge in [-0.05, 0) is 24.3 Å². The minimum atomic E-state index is -3.92. The summed E-state index contributed by atoms with van der Waals surface area (Å²) in [6, 6.07) is 19.5. The highest BCUT2D eigenvalue weighted by molar-refractivity contribution is 7.85. The average molecular weight is 453 g/mol. The summed E-state index contributed by atoms with van der Waals surface area (Å²) in [5, 5.41) is 0. The van der Waals surface area contributed by atoms with E-state index in [-0.39, 0.29) is 14.9 Å². The van der Waals surface area contributed by atoms with Gasteiger partial charge in [-0.3, -0.25) is 0 Å². The summed E-state index contributed by atoms with van der Waals surface area (Å²) >= 11 is 0. The van der Waals surface area contributed by atoms with Gasteiger partial charge < -0.3 is 13.8 Å². The minimum Gasteiger partial charge on any atom is -0.748 e. The van der Waals surface area contributed by atoms with Crippen LogP contribution in [-0.4, -0.2) is 38.5 Å². The summed E-state index contributed by atoms with van der Waals surface area (Å²) in [6.45, 7) is 8.00. The predicted octanol–water partition coefficient (Wildman–Crippen LogP) is 5.13. The molecule has 0 unspecified atom stereocenters. The van der Waals surface area contributed by atoms with Crippen LogP contribution in [0.5, 0.6) is 11.5 Å². The maximum absolute atomic E-state index is 9.08. The van der Waals surface area contributed by atoms with E-state index >= 15 is 0 Å². The second-order valence-corrected chi connectivity index (χ2v) is 6.95. The molecule has 0 atom stereocenters. The number of benzene rings is 2. The van der Waals surface area contributed by atoms with Crippen molar-refractivity contribution >= 4 is 20.2 Å². The standard InChI is InChI=1S/C12H10O.2C2H6.2CH4O3S.2CH4/c1-3-7-11(8-4-1)13-12-9-5-2-6-10-12;2*1-2;2*1-5(2,3)4;;/h1-10H;2*1-2H3;2*1H3,(H,2,3,4);2*1H4/p-2. The van der Waals surface area contributed by atoms with Crippen molar-refractivity contribution in [3.8, 4) is 11.5 Å². The Kier molecular flexibility index (Phi) is 29.1. The molecule has 0 aliphatic heterocycles. The zero-order valence-corrected chi connectivity index (χ0v) is 18.1. The van der Waals surface area contributed by atoms with Crippen LogP contribution in [0.1, 0.15) is 42.5 Å². The fourth-order valence-corrected chi connectivity index (χ4v) is 1.11. The zero-order valence-electron chi connectivity index (χ0n) is 16.4. The quantitative estimate of drug-likeness (QED) is 0.579. The topological polar surface area (TPSA) is 124 Å². The van der Waals surface area contributed by atoms with E-state index in [1.54, 1.807) is 0 Å². The summed E-state index contributed by atoms with van der Waals surface area (Å²) in [5.41, 5.74) is 0. The molecule has 29 heavy (non-hydrogen) atoms. The lowest BCUT2D eigenvalue weighted by Gasteiger charge is -2.03. The molecule has 172 valence electrons. The Balaban J connectivity index is -0.000000103. The Morgan fingerprint density at radius 2 is 0.759 bits per heavy atom. The van der Waals surface area contributed by atoms with Crippen LogP contribution < -0.4 is 4.74 Å². The molecule has 0 saturated heterocycles. The minimum absolute atomic E-state index is 0. The lowest BCUT2D eigenvalue weighted by Crippen LogP contribution is -1.88. The summed E-state index contributed by atoms with van der Waals surface area (Å²) in [6.07, 6.45) is 1.21. The van der Waals surface area contributed by atoms with Gasteiger partial charge in [0.25, 0.3) is 0 Å². The fourth-order valence-electron chi connectivity index (χ4n) is 1.11. The number of ether oxygens (including phenoxy) is 1. The van der Waals surface area contributed by atoms with E-state index in [4.69, 9.17) is 30.7 Å². The molecule has 0 saturated carbocycles. The molecule has 0 N–H and O–H groups in total. The predicted molar refractivity (Wildman–Crippen MR) is 120 cm³/mol. The molecule has 2 rings (SSSR count). The lowest BCUT2D eigenvalue weighted by atomic mass is 10.3. The van der Waals surface area contributed by atoms with Crippen LogP contribution in [0.25, 0.3) is 0 Å². The molecule has 7 nitrogen and oxygen atoms in total. The molecule has 0 spiro atoms. The first-order valence-electron chi connectivity index (χ1n) is 8.05. The summed E-state index contributed by atoms with van der Waals surface area (Å²) in [4.78, 5) is 0. The van der Waals surface area contributed by atoms with E-state index in [0.29, 0.717) is 12.5 Å². The van der Waals surface area contributed by atoms with Crippen LogP contribution in [0.3, 0.4) is 0 Å². The van der Waals surface area contributed by atoms with Crippen molar-refractivity contribution in [2.24, 2.45) is 0 Å². The molecule has 0 aliphatic rings. The van der Waals surface area contributed by atoms with E-state index < -0.39 is 20.2 Å². The third-order valence-corrected chi connectivity index (χ3v) is 1.72. The maximum atomic E-state index is 9.08. The van der Waals surface area contributed by atoms with Gasteiger partial charge in [-0.1, -0.05) is 78.9 Å². The van der Waals surface area contributed by atoms with E-state index in [1.807, 2.05) is 88.4 Å². The Hall–Kier alpha value is -1.94. The first-order chi connectivity index (χ1) is 12.4. The van der Waals surface area contributed by atoms with Crippen molar-refractivity contribution in [1.29, 1.82) is 0 Å². The van der Waals surface area contributed by atoms with Gasteiger partial charge in [-0.15, -0.1) is 0 Å². The van der Waals surface area contributed by atoms with Gasteiger partial charge in [0.2, 0.25) is 0 Å². The molecule has 0 fully saturated rings. The van der Waals surface area contributed by atoms with Gasteiger partial charge in [-0.2, -0.15) is 0 Å². The molecule has 0 bridgehead atoms. The van der Waals surface area contributed by atoms with Gasteiger partial charge in [0, 0.05) is 12.5 Å². The average Bonchev–Trinajstić information content (AvgIpc) is 2.57. The molecule has 0 aliphatic carbocycles. The van der Waals surface area contributed by atoms with Crippen LogP contribution >= 0.6 is 0 Å². The zero-order chi connectivity index (χ0) is 21.9. The van der Waals surface area contributed by atoms with Crippen molar-refractivity contribution < 1.29 is 30.7 Å². The summed E-state index contributed by atoms with van der Waals surface area (Å²) in [7, 11) is -7.83. The molecule has 0 radical (unpaired) electrons. The van der Waals surface area contributed by atoms with Crippen molar-refractivity contribution in [3.05, 3.63) is 60.7 Å². The Morgan fingerprint density at radius 3 is 0.931 bits per heavy atom. The molecule has 9 heteroatoms. The third-order valence-electron chi connectivity index (χ3n) is 1.72. The number of para-hydroxylation sites is 2. The Bertz CT molecular complexity index is 675. The monoisotopic (exact) mass is 452 g/mol. The molecular formula is C20H36O7S2-2. The smallest absolute Gasteiger partial charge is 0.127 e. The van der Waals surface area contributed by atoms with E-state index in [2.05, 4.69) is 0 Å². The summed E-state index contributed by atoms with van der Waals surface area (Å²) < 4.78 is 60.0. The first kappa shape index (κ1) is 37.8. The van der Waals surface area contributed by atoms with Crippen LogP contribution in [0.4, 0.5) is 0 Å². The highest BCUT2D eigenvalue weighted by Crippen LogP contribution is 2.19. The molecule has 2 aromatic rings. The third kappa shape index (κ3) is 46.3. The SMILES string of the molecule is C.C.CC.CC.CS(=O)(=O)[O-].CS(=O)(=O)[O-].c1ccc(Oc2ccccc2)cc1. The molecule has 2 aromatic carbocycles. The molecule has 0 heterocycles. The van der Waals surface area contributed by atoms with Crippen LogP contribution in [0.15, 0.2) is 60.7 Å². The Morgan fingerprint density at radius 1 is 0.586 bits per heavy atom. The number of hydrogen-bond donors (Lipinski definition) is 0. The van der Waals surface area contributed by atoms with E-state index in [1.165, 1.54) is 0 Å². The molecule has 0 aromatic heterocycles. The van der Waals surface area contributed by atoms with Crippen molar-refractivity contribution in [2.75, 3.05) is 12.5 Å². The largest absolute Gasteiger partial charge is 0.748 e. The fraction of sp³-hybridized carbons (Fsp3) is 0.400. The second-order valence-electron chi connectivity index (χ2n) is 4.14. The van der Waals surface area contributed by atoms with Crippen molar-refractivity contribution in [2.45, 2.75) is 42.5 Å². The van der Waals surface area contributed by atoms with Gasteiger partial charge >= 0.3 is 0 Å². The maximum Gasteiger partial charge on any atom is 0.127 e. The Labute approximate surface area is 178 Å². The first-order valence-corrected chi connectivity index (χ1v) is 11.7. The summed E-state index contributed by atoms with van der Waals surface area (Å²) in [5.74, 6) is 1.74. The number of rotatable bonds is 2. The van der Waals surface area contributed by atoms with Crippen LogP contribution in [0, 0.1) is 0 Å². The van der Waals surface area contributed by atoms with E-state index in [9.17, 15) is 0 Å². The lowest BCUT2D eigenvalue weighted by molar-refractivity contribution is 0.468. The van der Waals surface area contributed by atoms with Crippen LogP contribution in [-0.2, 0) is 20.2 Å². The highest BCUT2D eigenvalue weighted by atomic mass is 32.2. The highest BCUT2D eigenvalue weighted by Gasteiger charge is 1.92. The van der Waals surface area contributed by atoms with Gasteiger partial charge in [-0.25, -0.2) is 16.8 Å². The van der Waals surface area contributed by atoms with Crippen LogP contribution in [0.2, 0.25) is 0 Å². The van der Waals surface area contributed by atoms with Gasteiger partial charge in [0.1, 0.15) is 11.5 Å². The molecular weight excluding hydrogens is 416 g/mol. The van der Waals surface area contributed by atoms with Gasteiger partial charge in [0.05, 0.1) is 20.2 Å². The van der Waals surface area contributed by atoms with Crippen molar-refractivity contribution in [1.82, 2.24) is 0 Å². The van der Waals surface area contributed by atoms with Gasteiger partial charge in [0.15, 0.2) is 0 Å². The normalized spacial score (nSPS) is 8.69.